The minimum absolute atomic E-state index is 1.15. The second kappa shape index (κ2) is 3.71. The summed E-state index contributed by atoms with van der Waals surface area (Å²) in [4.78, 5) is 1.33. The fourth-order valence-electron chi connectivity index (χ4n) is 0.894. The van der Waals surface area contributed by atoms with E-state index in [1.165, 1.54) is 23.4 Å². The highest BCUT2D eigenvalue weighted by Gasteiger charge is 1.95. The van der Waals surface area contributed by atoms with Crippen LogP contribution < -0.4 is 0 Å². The Balaban J connectivity index is 2.42. The molecule has 1 heterocycles. The molecule has 0 aliphatic carbocycles. The maximum Gasteiger partial charge on any atom is 0.0544 e. The fraction of sp³-hybridized carbons (Fsp3) is 0.625. The molecule has 1 aromatic rings. The average Bonchev–Trinajstić information content (AvgIpc) is 2.31. The van der Waals surface area contributed by atoms with Crippen molar-refractivity contribution in [2.45, 2.75) is 33.1 Å². The molecule has 0 aliphatic rings. The summed E-state index contributed by atoms with van der Waals surface area (Å²) in [7, 11) is 0. The molecule has 10 heavy (non-hydrogen) atoms. The molecule has 0 N–H and O–H groups in total. The summed E-state index contributed by atoms with van der Waals surface area (Å²) in [5.74, 6) is 0. The van der Waals surface area contributed by atoms with Crippen molar-refractivity contribution in [2.75, 3.05) is 0 Å². The van der Waals surface area contributed by atoms with E-state index in [0.717, 1.165) is 6.42 Å². The molecule has 0 unspecified atom stereocenters. The van der Waals surface area contributed by atoms with E-state index >= 15 is 0 Å². The molecule has 0 aliphatic heterocycles. The first-order valence-corrected chi connectivity index (χ1v) is 4.52. The van der Waals surface area contributed by atoms with Crippen LogP contribution in [0.5, 0.6) is 0 Å². The van der Waals surface area contributed by atoms with Crippen LogP contribution in [0.2, 0.25) is 0 Å². The first-order chi connectivity index (χ1) is 4.83. The van der Waals surface area contributed by atoms with Gasteiger partial charge in [0.05, 0.1) is 5.69 Å². The van der Waals surface area contributed by atoms with Gasteiger partial charge in [0.25, 0.3) is 0 Å². The van der Waals surface area contributed by atoms with Gasteiger partial charge in [-0.2, -0.15) is 4.37 Å². The predicted molar refractivity (Wildman–Crippen MR) is 45.5 cm³/mol. The highest BCUT2D eigenvalue weighted by atomic mass is 32.1. The van der Waals surface area contributed by atoms with Crippen molar-refractivity contribution in [2.24, 2.45) is 0 Å². The Morgan fingerprint density at radius 1 is 1.60 bits per heavy atom. The topological polar surface area (TPSA) is 12.9 Å². The van der Waals surface area contributed by atoms with Crippen LogP contribution in [0.3, 0.4) is 0 Å². The van der Waals surface area contributed by atoms with E-state index in [9.17, 15) is 0 Å². The zero-order valence-electron chi connectivity index (χ0n) is 6.55. The first kappa shape index (κ1) is 7.73. The molecule has 0 aromatic carbocycles. The highest BCUT2D eigenvalue weighted by molar-refractivity contribution is 7.05. The summed E-state index contributed by atoms with van der Waals surface area (Å²) in [6.45, 7) is 4.31. The molecule has 0 amide bonds. The zero-order chi connectivity index (χ0) is 7.40. The lowest BCUT2D eigenvalue weighted by molar-refractivity contribution is 0.784. The summed E-state index contributed by atoms with van der Waals surface area (Å²) < 4.78 is 4.29. The molecular formula is C8H13NS. The van der Waals surface area contributed by atoms with Gasteiger partial charge in [-0.1, -0.05) is 13.3 Å². The highest BCUT2D eigenvalue weighted by Crippen LogP contribution is 2.10. The Morgan fingerprint density at radius 3 is 2.90 bits per heavy atom. The van der Waals surface area contributed by atoms with Crippen LogP contribution in [0, 0.1) is 6.92 Å². The molecule has 1 rings (SSSR count). The molecule has 1 nitrogen and oxygen atoms in total. The number of hydrogen-bond acceptors (Lipinski definition) is 2. The molecular weight excluding hydrogens is 142 g/mol. The number of nitrogens with zero attached hydrogens (tertiary/aromatic N) is 1. The minimum atomic E-state index is 1.15. The smallest absolute Gasteiger partial charge is 0.0544 e. The van der Waals surface area contributed by atoms with E-state index in [4.69, 9.17) is 0 Å². The summed E-state index contributed by atoms with van der Waals surface area (Å²) in [6, 6.07) is 2.18. The van der Waals surface area contributed by atoms with E-state index in [1.807, 2.05) is 0 Å². The lowest BCUT2D eigenvalue weighted by atomic mass is 10.2. The standard InChI is InChI=1S/C8H13NS/c1-3-4-5-8-6-7(2)10-9-8/h6H,3-5H2,1-2H3. The average molecular weight is 155 g/mol. The van der Waals surface area contributed by atoms with E-state index < -0.39 is 0 Å². The minimum Gasteiger partial charge on any atom is -0.197 e. The predicted octanol–water partition coefficient (Wildman–Crippen LogP) is 2.79. The number of aromatic nitrogens is 1. The van der Waals surface area contributed by atoms with Crippen LogP contribution in [-0.4, -0.2) is 4.37 Å². The van der Waals surface area contributed by atoms with Crippen molar-refractivity contribution in [3.05, 3.63) is 16.6 Å². The van der Waals surface area contributed by atoms with Crippen LogP contribution in [0.15, 0.2) is 6.07 Å². The van der Waals surface area contributed by atoms with Gasteiger partial charge < -0.3 is 0 Å². The number of unbranched alkanes of at least 4 members (excludes halogenated alkanes) is 1. The lowest BCUT2D eigenvalue weighted by Crippen LogP contribution is -1.81. The third-order valence-electron chi connectivity index (χ3n) is 1.46. The molecule has 0 bridgehead atoms. The number of rotatable bonds is 3. The molecule has 2 heteroatoms. The van der Waals surface area contributed by atoms with Gasteiger partial charge in [-0.3, -0.25) is 0 Å². The molecule has 1 aromatic heterocycles. The largest absolute Gasteiger partial charge is 0.197 e. The van der Waals surface area contributed by atoms with Crippen molar-refractivity contribution in [3.8, 4) is 0 Å². The SMILES string of the molecule is CCCCc1cc(C)sn1. The second-order valence-corrected chi connectivity index (χ2v) is 3.54. The van der Waals surface area contributed by atoms with Gasteiger partial charge in [-0.25, -0.2) is 0 Å². The van der Waals surface area contributed by atoms with E-state index in [0.29, 0.717) is 0 Å². The van der Waals surface area contributed by atoms with Crippen molar-refractivity contribution >= 4 is 11.5 Å². The number of aryl methyl sites for hydroxylation is 2. The molecule has 0 spiro atoms. The first-order valence-electron chi connectivity index (χ1n) is 3.75. The van der Waals surface area contributed by atoms with Gasteiger partial charge in [0, 0.05) is 4.88 Å². The Hall–Kier alpha value is -0.370. The summed E-state index contributed by atoms with van der Waals surface area (Å²) in [6.07, 6.45) is 3.68. The van der Waals surface area contributed by atoms with Crippen LogP contribution in [-0.2, 0) is 6.42 Å². The van der Waals surface area contributed by atoms with Gasteiger partial charge in [0.15, 0.2) is 0 Å². The van der Waals surface area contributed by atoms with Crippen LogP contribution in [0.4, 0.5) is 0 Å². The molecule has 0 atom stereocenters. The molecule has 0 radical (unpaired) electrons. The quantitative estimate of drug-likeness (QED) is 0.654. The molecule has 56 valence electrons. The molecule has 0 saturated carbocycles. The van der Waals surface area contributed by atoms with Crippen molar-refractivity contribution < 1.29 is 0 Å². The second-order valence-electron chi connectivity index (χ2n) is 2.53. The third-order valence-corrected chi connectivity index (χ3v) is 2.19. The van der Waals surface area contributed by atoms with E-state index in [1.54, 1.807) is 11.5 Å². The van der Waals surface area contributed by atoms with Gasteiger partial charge in [0.1, 0.15) is 0 Å². The Labute approximate surface area is 66.3 Å². The fourth-order valence-corrected chi connectivity index (χ4v) is 1.49. The number of hydrogen-bond donors (Lipinski definition) is 0. The van der Waals surface area contributed by atoms with Crippen LogP contribution in [0.1, 0.15) is 30.3 Å². The van der Waals surface area contributed by atoms with Crippen LogP contribution >= 0.6 is 11.5 Å². The van der Waals surface area contributed by atoms with Gasteiger partial charge >= 0.3 is 0 Å². The summed E-state index contributed by atoms with van der Waals surface area (Å²) in [5, 5.41) is 0. The third kappa shape index (κ3) is 2.10. The summed E-state index contributed by atoms with van der Waals surface area (Å²) >= 11 is 1.60. The van der Waals surface area contributed by atoms with Crippen molar-refractivity contribution in [1.29, 1.82) is 0 Å². The van der Waals surface area contributed by atoms with E-state index in [-0.39, 0.29) is 0 Å². The Bertz CT molecular complexity index is 193. The molecule has 0 fully saturated rings. The van der Waals surface area contributed by atoms with Gasteiger partial charge in [-0.15, -0.1) is 0 Å². The Morgan fingerprint density at radius 2 is 2.40 bits per heavy atom. The normalized spacial score (nSPS) is 10.2. The van der Waals surface area contributed by atoms with E-state index in [2.05, 4.69) is 24.3 Å². The lowest BCUT2D eigenvalue weighted by Gasteiger charge is -1.89. The zero-order valence-corrected chi connectivity index (χ0v) is 7.37. The maximum atomic E-state index is 4.29. The molecule has 0 saturated heterocycles. The van der Waals surface area contributed by atoms with Gasteiger partial charge in [0.2, 0.25) is 0 Å². The van der Waals surface area contributed by atoms with Crippen molar-refractivity contribution in [3.63, 3.8) is 0 Å². The van der Waals surface area contributed by atoms with Gasteiger partial charge in [-0.05, 0) is 37.4 Å². The summed E-state index contributed by atoms with van der Waals surface area (Å²) in [5.41, 5.74) is 1.27. The van der Waals surface area contributed by atoms with Crippen molar-refractivity contribution in [1.82, 2.24) is 4.37 Å². The van der Waals surface area contributed by atoms with Crippen LogP contribution in [0.25, 0.3) is 0 Å². The maximum absolute atomic E-state index is 4.29. The Kier molecular flexibility index (Phi) is 2.87. The monoisotopic (exact) mass is 155 g/mol.